The first-order chi connectivity index (χ1) is 8.58. The van der Waals surface area contributed by atoms with Crippen LogP contribution in [0, 0.1) is 0 Å². The number of rotatable bonds is 5. The molecular weight excluding hydrogens is 256 g/mol. The van der Waals surface area contributed by atoms with Crippen LogP contribution in [0.1, 0.15) is 4.88 Å². The van der Waals surface area contributed by atoms with Crippen molar-refractivity contribution < 1.29 is 19.5 Å². The summed E-state index contributed by atoms with van der Waals surface area (Å²) >= 11 is 1.58. The summed E-state index contributed by atoms with van der Waals surface area (Å²) in [6.45, 7) is 0.405. The fourth-order valence-corrected chi connectivity index (χ4v) is 1.81. The molecule has 1 heterocycles. The zero-order valence-corrected chi connectivity index (χ0v) is 10.2. The molecule has 0 aromatic carbocycles. The number of nitrogens with one attached hydrogen (secondary N) is 2. The Labute approximate surface area is 107 Å². The van der Waals surface area contributed by atoms with Crippen molar-refractivity contribution in [3.63, 3.8) is 0 Å². The van der Waals surface area contributed by atoms with Gasteiger partial charge in [0.15, 0.2) is 0 Å². The number of thiophene rings is 1. The maximum absolute atomic E-state index is 11.2. The van der Waals surface area contributed by atoms with Crippen LogP contribution in [0.25, 0.3) is 0 Å². The lowest BCUT2D eigenvalue weighted by Gasteiger charge is -2.03. The van der Waals surface area contributed by atoms with E-state index >= 15 is 0 Å². The van der Waals surface area contributed by atoms with Crippen molar-refractivity contribution in [2.75, 3.05) is 6.54 Å². The Hall–Kier alpha value is -2.15. The molecule has 6 nitrogen and oxygen atoms in total. The van der Waals surface area contributed by atoms with E-state index in [2.05, 4.69) is 5.32 Å². The minimum Gasteiger partial charge on any atom is -0.478 e. The van der Waals surface area contributed by atoms with Crippen molar-refractivity contribution >= 4 is 29.2 Å². The quantitative estimate of drug-likeness (QED) is 0.687. The van der Waals surface area contributed by atoms with Gasteiger partial charge in [0.2, 0.25) is 0 Å². The summed E-state index contributed by atoms with van der Waals surface area (Å²) < 4.78 is 0. The van der Waals surface area contributed by atoms with Crippen molar-refractivity contribution in [2.45, 2.75) is 6.42 Å². The predicted molar refractivity (Wildman–Crippen MR) is 66.3 cm³/mol. The molecule has 0 saturated carbocycles. The highest BCUT2D eigenvalue weighted by atomic mass is 32.1. The molecule has 1 aromatic heterocycles. The van der Waals surface area contributed by atoms with Crippen LogP contribution in [0.15, 0.2) is 29.7 Å². The molecule has 0 fully saturated rings. The Bertz CT molecular complexity index is 454. The van der Waals surface area contributed by atoms with E-state index in [1.165, 1.54) is 0 Å². The molecular formula is C11H12N2O4S. The third-order valence-electron chi connectivity index (χ3n) is 1.85. The molecule has 96 valence electrons. The van der Waals surface area contributed by atoms with Crippen molar-refractivity contribution in [2.24, 2.45) is 0 Å². The van der Waals surface area contributed by atoms with Crippen LogP contribution in [0.4, 0.5) is 4.79 Å². The zero-order valence-electron chi connectivity index (χ0n) is 9.38. The largest absolute Gasteiger partial charge is 0.478 e. The number of amides is 3. The number of carboxylic acid groups (broad SMARTS) is 1. The zero-order chi connectivity index (χ0) is 13.4. The van der Waals surface area contributed by atoms with E-state index in [1.807, 2.05) is 22.8 Å². The number of hydrogen-bond acceptors (Lipinski definition) is 4. The molecule has 0 atom stereocenters. The Morgan fingerprint density at radius 2 is 2.11 bits per heavy atom. The molecule has 7 heteroatoms. The third kappa shape index (κ3) is 5.80. The molecule has 0 aliphatic carbocycles. The summed E-state index contributed by atoms with van der Waals surface area (Å²) in [6, 6.07) is 3.22. The molecule has 3 N–H and O–H groups in total. The van der Waals surface area contributed by atoms with Gasteiger partial charge in [0.25, 0.3) is 5.91 Å². The lowest BCUT2D eigenvalue weighted by molar-refractivity contribution is -0.131. The second-order valence-corrected chi connectivity index (χ2v) is 4.28. The van der Waals surface area contributed by atoms with Gasteiger partial charge in [0.05, 0.1) is 0 Å². The molecule has 1 aromatic rings. The lowest BCUT2D eigenvalue weighted by Crippen LogP contribution is -2.39. The van der Waals surface area contributed by atoms with Gasteiger partial charge >= 0.3 is 12.0 Å². The maximum atomic E-state index is 11.2. The normalized spacial score (nSPS) is 10.2. The van der Waals surface area contributed by atoms with Gasteiger partial charge in [-0.25, -0.2) is 9.59 Å². The van der Waals surface area contributed by atoms with E-state index in [0.717, 1.165) is 11.0 Å². The van der Waals surface area contributed by atoms with Crippen molar-refractivity contribution in [1.82, 2.24) is 10.6 Å². The van der Waals surface area contributed by atoms with E-state index in [4.69, 9.17) is 5.11 Å². The van der Waals surface area contributed by atoms with E-state index in [0.29, 0.717) is 19.0 Å². The van der Waals surface area contributed by atoms with Gasteiger partial charge in [-0.05, 0) is 17.9 Å². The molecule has 1 rings (SSSR count). The molecule has 0 unspecified atom stereocenters. The molecule has 18 heavy (non-hydrogen) atoms. The van der Waals surface area contributed by atoms with Gasteiger partial charge in [0.1, 0.15) is 0 Å². The smallest absolute Gasteiger partial charge is 0.328 e. The number of carboxylic acids is 1. The Balaban J connectivity index is 2.21. The third-order valence-corrected chi connectivity index (χ3v) is 2.79. The van der Waals surface area contributed by atoms with Crippen molar-refractivity contribution in [3.05, 3.63) is 34.5 Å². The molecule has 0 saturated heterocycles. The minimum atomic E-state index is -1.25. The number of aliphatic carboxylic acids is 1. The predicted octanol–water partition coefficient (Wildman–Crippen LogP) is 0.757. The highest BCUT2D eigenvalue weighted by Crippen LogP contribution is 2.07. The summed E-state index contributed by atoms with van der Waals surface area (Å²) in [7, 11) is 0. The van der Waals surface area contributed by atoms with Crippen LogP contribution in [-0.4, -0.2) is 29.6 Å². The van der Waals surface area contributed by atoms with Crippen molar-refractivity contribution in [3.8, 4) is 0 Å². The topological polar surface area (TPSA) is 95.5 Å². The van der Waals surface area contributed by atoms with Crippen LogP contribution in [0.5, 0.6) is 0 Å². The second kappa shape index (κ2) is 7.23. The summed E-state index contributed by atoms with van der Waals surface area (Å²) in [5, 5.41) is 14.7. The van der Waals surface area contributed by atoms with Crippen LogP contribution in [-0.2, 0) is 16.0 Å². The standard InChI is InChI=1S/C11H12N2O4S/c14-9(3-4-10(15)16)13-11(17)12-6-5-8-2-1-7-18-8/h1-4,7H,5-6H2,(H,15,16)(H2,12,13,14,17)/b4-3+. The number of carbonyl (C=O) groups is 3. The Morgan fingerprint density at radius 3 is 2.72 bits per heavy atom. The maximum Gasteiger partial charge on any atom is 0.328 e. The summed E-state index contributed by atoms with van der Waals surface area (Å²) in [4.78, 5) is 33.5. The van der Waals surface area contributed by atoms with Gasteiger partial charge in [-0.15, -0.1) is 11.3 Å². The van der Waals surface area contributed by atoms with E-state index in [9.17, 15) is 14.4 Å². The lowest BCUT2D eigenvalue weighted by atomic mass is 10.3. The number of imide groups is 1. The monoisotopic (exact) mass is 268 g/mol. The number of hydrogen-bond donors (Lipinski definition) is 3. The van der Waals surface area contributed by atoms with Crippen molar-refractivity contribution in [1.29, 1.82) is 0 Å². The second-order valence-electron chi connectivity index (χ2n) is 3.25. The molecule has 0 bridgehead atoms. The van der Waals surface area contributed by atoms with Gasteiger partial charge < -0.3 is 10.4 Å². The summed E-state index contributed by atoms with van der Waals surface area (Å²) in [5.41, 5.74) is 0. The van der Waals surface area contributed by atoms with Crippen LogP contribution < -0.4 is 10.6 Å². The summed E-state index contributed by atoms with van der Waals surface area (Å²) in [6.07, 6.45) is 2.12. The van der Waals surface area contributed by atoms with Gasteiger partial charge in [-0.1, -0.05) is 6.07 Å². The number of carbonyl (C=O) groups excluding carboxylic acids is 2. The first kappa shape index (κ1) is 13.9. The SMILES string of the molecule is O=C(O)/C=C/C(=O)NC(=O)NCCc1cccs1. The van der Waals surface area contributed by atoms with Crippen LogP contribution in [0.2, 0.25) is 0 Å². The molecule has 0 radical (unpaired) electrons. The van der Waals surface area contributed by atoms with Gasteiger partial charge in [0, 0.05) is 23.6 Å². The molecule has 3 amide bonds. The summed E-state index contributed by atoms with van der Waals surface area (Å²) in [5.74, 6) is -2.02. The average molecular weight is 268 g/mol. The average Bonchev–Trinajstić information content (AvgIpc) is 2.79. The molecule has 0 aliphatic rings. The van der Waals surface area contributed by atoms with Gasteiger partial charge in [-0.3, -0.25) is 10.1 Å². The highest BCUT2D eigenvalue weighted by Gasteiger charge is 2.04. The minimum absolute atomic E-state index is 0.405. The Kier molecular flexibility index (Phi) is 5.59. The Morgan fingerprint density at radius 1 is 1.33 bits per heavy atom. The number of urea groups is 1. The first-order valence-electron chi connectivity index (χ1n) is 5.10. The van der Waals surface area contributed by atoms with E-state index in [-0.39, 0.29) is 0 Å². The molecule has 0 aliphatic heterocycles. The molecule has 0 spiro atoms. The van der Waals surface area contributed by atoms with Gasteiger partial charge in [-0.2, -0.15) is 0 Å². The fourth-order valence-electron chi connectivity index (χ4n) is 1.10. The van der Waals surface area contributed by atoms with E-state index < -0.39 is 17.9 Å². The van der Waals surface area contributed by atoms with E-state index in [1.54, 1.807) is 11.3 Å². The highest BCUT2D eigenvalue weighted by molar-refractivity contribution is 7.09. The fraction of sp³-hybridized carbons (Fsp3) is 0.182. The first-order valence-corrected chi connectivity index (χ1v) is 5.98. The van der Waals surface area contributed by atoms with Crippen LogP contribution >= 0.6 is 11.3 Å². The van der Waals surface area contributed by atoms with Crippen LogP contribution in [0.3, 0.4) is 0 Å².